The monoisotopic (exact) mass is 189 g/mol. The van der Waals surface area contributed by atoms with Crippen molar-refractivity contribution >= 4 is 5.65 Å². The molecule has 0 bridgehead atoms. The van der Waals surface area contributed by atoms with E-state index in [9.17, 15) is 5.11 Å². The second kappa shape index (κ2) is 2.72. The van der Waals surface area contributed by atoms with Gasteiger partial charge >= 0.3 is 0 Å². The summed E-state index contributed by atoms with van der Waals surface area (Å²) < 4.78 is 1.86. The molecule has 4 heteroatoms. The van der Waals surface area contributed by atoms with E-state index in [-0.39, 0.29) is 5.75 Å². The topological polar surface area (TPSA) is 49.6 Å². The number of imidazole rings is 1. The second-order valence-corrected chi connectivity index (χ2v) is 3.67. The van der Waals surface area contributed by atoms with Gasteiger partial charge in [0.15, 0.2) is 0 Å². The van der Waals surface area contributed by atoms with Gasteiger partial charge in [-0.3, -0.25) is 0 Å². The molecule has 4 nitrogen and oxygen atoms in total. The normalized spacial score (nSPS) is 17.1. The Labute approximate surface area is 81.2 Å². The highest BCUT2D eigenvalue weighted by Gasteiger charge is 2.21. The summed E-state index contributed by atoms with van der Waals surface area (Å²) >= 11 is 0. The lowest BCUT2D eigenvalue weighted by Crippen LogP contribution is -2.40. The largest absolute Gasteiger partial charge is 0.506 e. The predicted molar refractivity (Wildman–Crippen MR) is 52.5 cm³/mol. The highest BCUT2D eigenvalue weighted by atomic mass is 16.3. The van der Waals surface area contributed by atoms with E-state index in [0.29, 0.717) is 5.92 Å². The van der Waals surface area contributed by atoms with E-state index in [4.69, 9.17) is 0 Å². The van der Waals surface area contributed by atoms with Crippen molar-refractivity contribution in [3.05, 3.63) is 30.2 Å². The minimum Gasteiger partial charge on any atom is -0.506 e. The number of hydrogen-bond donors (Lipinski definition) is 2. The highest BCUT2D eigenvalue weighted by molar-refractivity contribution is 5.43. The Hall–Kier alpha value is -1.55. The van der Waals surface area contributed by atoms with Crippen molar-refractivity contribution in [3.63, 3.8) is 0 Å². The van der Waals surface area contributed by atoms with Gasteiger partial charge in [-0.05, 0) is 12.1 Å². The molecule has 0 spiro atoms. The average Bonchev–Trinajstić information content (AvgIpc) is 2.43. The van der Waals surface area contributed by atoms with Gasteiger partial charge in [-0.25, -0.2) is 4.98 Å². The molecule has 14 heavy (non-hydrogen) atoms. The smallest absolute Gasteiger partial charge is 0.137 e. The Kier molecular flexibility index (Phi) is 1.52. The maximum Gasteiger partial charge on any atom is 0.137 e. The van der Waals surface area contributed by atoms with Crippen LogP contribution < -0.4 is 5.32 Å². The third-order valence-electron chi connectivity index (χ3n) is 2.65. The van der Waals surface area contributed by atoms with Crippen molar-refractivity contribution in [1.29, 1.82) is 0 Å². The lowest BCUT2D eigenvalue weighted by atomic mass is 10.0. The van der Waals surface area contributed by atoms with Gasteiger partial charge in [-0.15, -0.1) is 0 Å². The lowest BCUT2D eigenvalue weighted by Gasteiger charge is -2.24. The van der Waals surface area contributed by atoms with Gasteiger partial charge in [0.25, 0.3) is 0 Å². The maximum absolute atomic E-state index is 9.29. The first-order chi connectivity index (χ1) is 6.83. The Morgan fingerprint density at radius 1 is 1.36 bits per heavy atom. The number of nitrogens with zero attached hydrogens (tertiary/aromatic N) is 2. The number of aromatic hydroxyl groups is 1. The van der Waals surface area contributed by atoms with Crippen molar-refractivity contribution in [2.75, 3.05) is 13.1 Å². The molecule has 1 saturated heterocycles. The molecule has 1 fully saturated rings. The van der Waals surface area contributed by atoms with Crippen molar-refractivity contribution in [3.8, 4) is 5.75 Å². The molecule has 1 aliphatic heterocycles. The number of aromatic nitrogens is 2. The fraction of sp³-hybridized carbons (Fsp3) is 0.300. The van der Waals surface area contributed by atoms with Crippen LogP contribution in [0.4, 0.5) is 0 Å². The van der Waals surface area contributed by atoms with Crippen LogP contribution in [0.3, 0.4) is 0 Å². The zero-order chi connectivity index (χ0) is 9.54. The summed E-state index contributed by atoms with van der Waals surface area (Å²) in [7, 11) is 0. The van der Waals surface area contributed by atoms with Crippen LogP contribution in [-0.4, -0.2) is 27.6 Å². The SMILES string of the molecule is Oc1ccc2nc(C3CNC3)cn2c1. The molecular weight excluding hydrogens is 178 g/mol. The molecule has 2 N–H and O–H groups in total. The third-order valence-corrected chi connectivity index (χ3v) is 2.65. The minimum absolute atomic E-state index is 0.271. The van der Waals surface area contributed by atoms with E-state index < -0.39 is 0 Å². The van der Waals surface area contributed by atoms with Gasteiger partial charge in [0.05, 0.1) is 11.9 Å². The molecule has 0 radical (unpaired) electrons. The highest BCUT2D eigenvalue weighted by Crippen LogP contribution is 2.20. The first-order valence-electron chi connectivity index (χ1n) is 4.71. The van der Waals surface area contributed by atoms with E-state index in [1.54, 1.807) is 12.3 Å². The van der Waals surface area contributed by atoms with E-state index in [1.165, 1.54) is 0 Å². The lowest BCUT2D eigenvalue weighted by molar-refractivity contribution is 0.441. The summed E-state index contributed by atoms with van der Waals surface area (Å²) in [6, 6.07) is 3.48. The Bertz CT molecular complexity index is 473. The molecule has 0 atom stereocenters. The first kappa shape index (κ1) is 7.82. The average molecular weight is 189 g/mol. The number of pyridine rings is 1. The van der Waals surface area contributed by atoms with E-state index in [1.807, 2.05) is 16.7 Å². The molecule has 3 rings (SSSR count). The molecule has 0 aliphatic carbocycles. The molecule has 72 valence electrons. The van der Waals surface area contributed by atoms with Crippen LogP contribution in [-0.2, 0) is 0 Å². The molecule has 0 aromatic carbocycles. The van der Waals surface area contributed by atoms with Gasteiger partial charge < -0.3 is 14.8 Å². The van der Waals surface area contributed by atoms with Crippen molar-refractivity contribution in [2.45, 2.75) is 5.92 Å². The van der Waals surface area contributed by atoms with Crippen molar-refractivity contribution in [2.24, 2.45) is 0 Å². The molecule has 0 saturated carbocycles. The number of hydrogen-bond acceptors (Lipinski definition) is 3. The quantitative estimate of drug-likeness (QED) is 0.695. The molecule has 0 unspecified atom stereocenters. The molecule has 0 amide bonds. The van der Waals surface area contributed by atoms with Crippen LogP contribution in [0.15, 0.2) is 24.5 Å². The van der Waals surface area contributed by atoms with Gasteiger partial charge in [0, 0.05) is 25.2 Å². The van der Waals surface area contributed by atoms with Crippen LogP contribution in [0, 0.1) is 0 Å². The van der Waals surface area contributed by atoms with E-state index in [2.05, 4.69) is 10.3 Å². The predicted octanol–water partition coefficient (Wildman–Crippen LogP) is 0.727. The van der Waals surface area contributed by atoms with Gasteiger partial charge in [-0.2, -0.15) is 0 Å². The Balaban J connectivity index is 2.10. The van der Waals surface area contributed by atoms with E-state index >= 15 is 0 Å². The summed E-state index contributed by atoms with van der Waals surface area (Å²) in [5.74, 6) is 0.810. The molecule has 2 aromatic heterocycles. The number of fused-ring (bicyclic) bond motifs is 1. The first-order valence-corrected chi connectivity index (χ1v) is 4.71. The Morgan fingerprint density at radius 2 is 2.21 bits per heavy atom. The molecule has 2 aromatic rings. The number of nitrogens with one attached hydrogen (secondary N) is 1. The van der Waals surface area contributed by atoms with Crippen LogP contribution in [0.1, 0.15) is 11.6 Å². The Morgan fingerprint density at radius 3 is 2.93 bits per heavy atom. The van der Waals surface area contributed by atoms with Crippen LogP contribution >= 0.6 is 0 Å². The fourth-order valence-corrected chi connectivity index (χ4v) is 1.69. The summed E-state index contributed by atoms with van der Waals surface area (Å²) in [6.45, 7) is 2.02. The zero-order valence-corrected chi connectivity index (χ0v) is 7.64. The third kappa shape index (κ3) is 1.08. The standard InChI is InChI=1S/C10H11N3O/c14-8-1-2-10-12-9(6-13(10)5-8)7-3-11-4-7/h1-2,5-7,11,14H,3-4H2. The van der Waals surface area contributed by atoms with Crippen molar-refractivity contribution in [1.82, 2.24) is 14.7 Å². The van der Waals surface area contributed by atoms with E-state index in [0.717, 1.165) is 24.4 Å². The fourth-order valence-electron chi connectivity index (χ4n) is 1.69. The minimum atomic E-state index is 0.271. The zero-order valence-electron chi connectivity index (χ0n) is 7.64. The van der Waals surface area contributed by atoms with Crippen LogP contribution in [0.25, 0.3) is 5.65 Å². The maximum atomic E-state index is 9.29. The summed E-state index contributed by atoms with van der Waals surface area (Å²) in [5.41, 5.74) is 2.00. The van der Waals surface area contributed by atoms with Gasteiger partial charge in [-0.1, -0.05) is 0 Å². The molecule has 3 heterocycles. The van der Waals surface area contributed by atoms with Gasteiger partial charge in [0.2, 0.25) is 0 Å². The van der Waals surface area contributed by atoms with Crippen molar-refractivity contribution < 1.29 is 5.11 Å². The summed E-state index contributed by atoms with van der Waals surface area (Å²) in [5, 5.41) is 12.5. The molecular formula is C10H11N3O. The summed E-state index contributed by atoms with van der Waals surface area (Å²) in [4.78, 5) is 4.49. The van der Waals surface area contributed by atoms with Gasteiger partial charge in [0.1, 0.15) is 11.4 Å². The molecule has 1 aliphatic rings. The van der Waals surface area contributed by atoms with Crippen LogP contribution in [0.2, 0.25) is 0 Å². The van der Waals surface area contributed by atoms with Crippen LogP contribution in [0.5, 0.6) is 5.75 Å². The summed E-state index contributed by atoms with van der Waals surface area (Å²) in [6.07, 6.45) is 3.67. The number of rotatable bonds is 1. The second-order valence-electron chi connectivity index (χ2n) is 3.67.